The van der Waals surface area contributed by atoms with Crippen LogP contribution in [0.4, 0.5) is 0 Å². The molecule has 12 aromatic carbocycles. The SMILES string of the molecule is C[Si]C.[Zr+2].c1ccc2c(-c3ccc(-c4cccc5ccccc45)c4[cH-]c(CC5CCCC5)cc34)cccc2c1.c1ccc2c(-c3ccc(-c4cccc5ccccc45)c4[cH-]c(CC5CCCC5)cc34)cccc2c1. The maximum atomic E-state index is 2.50. The number of benzene rings is 10. The summed E-state index contributed by atoms with van der Waals surface area (Å²) in [6.07, 6.45) is 13.5. The van der Waals surface area contributed by atoms with Crippen molar-refractivity contribution in [3.63, 3.8) is 0 Å². The molecule has 0 nitrogen and oxygen atoms in total. The van der Waals surface area contributed by atoms with Crippen LogP contribution in [0.15, 0.2) is 218 Å². The molecule has 0 unspecified atom stereocenters. The third-order valence-electron chi connectivity index (χ3n) is 16.2. The Kier molecular flexibility index (Phi) is 15.2. The smallest absolute Gasteiger partial charge is 0.164 e. The van der Waals surface area contributed by atoms with Gasteiger partial charge in [-0.2, -0.15) is 12.1 Å². The number of hydrogen-bond donors (Lipinski definition) is 0. The van der Waals surface area contributed by atoms with Crippen LogP contribution in [-0.4, -0.2) is 9.52 Å². The Balaban J connectivity index is 0.000000149. The molecule has 0 bridgehead atoms. The third-order valence-corrected chi connectivity index (χ3v) is 16.2. The third kappa shape index (κ3) is 9.97. The van der Waals surface area contributed by atoms with E-state index in [2.05, 4.69) is 231 Å². The molecule has 12 aromatic rings. The van der Waals surface area contributed by atoms with E-state index in [-0.39, 0.29) is 26.2 Å². The fourth-order valence-electron chi connectivity index (χ4n) is 12.8. The van der Waals surface area contributed by atoms with Crippen molar-refractivity contribution in [3.8, 4) is 44.5 Å². The zero-order chi connectivity index (χ0) is 49.1. The molecular weight excluding hydrogens is 984 g/mol. The van der Waals surface area contributed by atoms with Crippen LogP contribution in [0.3, 0.4) is 0 Å². The van der Waals surface area contributed by atoms with Gasteiger partial charge in [-0.3, -0.25) is 0 Å². The van der Waals surface area contributed by atoms with Crippen LogP contribution in [0.1, 0.15) is 62.5 Å². The fraction of sp³-hybridized carbons (Fsp3) is 0.194. The van der Waals surface area contributed by atoms with Gasteiger partial charge in [-0.15, -0.1) is 44.8 Å². The zero-order valence-electron chi connectivity index (χ0n) is 43.0. The minimum Gasteiger partial charge on any atom is -0.164 e. The minimum atomic E-state index is 0. The van der Waals surface area contributed by atoms with Crippen LogP contribution in [0, 0.1) is 11.8 Å². The molecule has 0 heterocycles. The predicted molar refractivity (Wildman–Crippen MR) is 320 cm³/mol. The van der Waals surface area contributed by atoms with Crippen LogP contribution >= 0.6 is 0 Å². The second-order valence-corrected chi connectivity index (χ2v) is 22.0. The van der Waals surface area contributed by atoms with Gasteiger partial charge in [-0.1, -0.05) is 292 Å². The summed E-state index contributed by atoms with van der Waals surface area (Å²) in [6, 6.07) is 81.4. The molecule has 0 atom stereocenters. The monoisotopic (exact) mass is 1050 g/mol. The van der Waals surface area contributed by atoms with Crippen LogP contribution in [-0.2, 0) is 39.0 Å². The zero-order valence-corrected chi connectivity index (χ0v) is 46.5. The molecule has 2 heteroatoms. The first-order valence-electron chi connectivity index (χ1n) is 27.1. The van der Waals surface area contributed by atoms with E-state index >= 15 is 0 Å². The number of fused-ring (bicyclic) bond motifs is 6. The van der Waals surface area contributed by atoms with Crippen molar-refractivity contribution in [3.05, 3.63) is 230 Å². The van der Waals surface area contributed by atoms with Crippen molar-refractivity contribution in [1.82, 2.24) is 0 Å². The molecule has 2 fully saturated rings. The van der Waals surface area contributed by atoms with Gasteiger partial charge < -0.3 is 0 Å². The Labute approximate surface area is 460 Å². The number of rotatable bonds is 8. The minimum absolute atomic E-state index is 0. The van der Waals surface area contributed by atoms with Crippen molar-refractivity contribution < 1.29 is 26.2 Å². The van der Waals surface area contributed by atoms with Crippen LogP contribution in [0.2, 0.25) is 13.1 Å². The quantitative estimate of drug-likeness (QED) is 0.105. The molecule has 74 heavy (non-hydrogen) atoms. The summed E-state index contributed by atoms with van der Waals surface area (Å²) >= 11 is 0. The molecule has 2 radical (unpaired) electrons. The Morgan fingerprint density at radius 3 is 0.905 bits per heavy atom. The Morgan fingerprint density at radius 1 is 0.324 bits per heavy atom. The predicted octanol–water partition coefficient (Wildman–Crippen LogP) is 20.6. The van der Waals surface area contributed by atoms with Crippen LogP contribution in [0.25, 0.3) is 109 Å². The van der Waals surface area contributed by atoms with E-state index in [1.165, 1.54) is 184 Å². The molecule has 0 amide bonds. The second kappa shape index (κ2) is 22.6. The average molecular weight is 1050 g/mol. The largest absolute Gasteiger partial charge is 2.00 e. The molecule has 2 aliphatic carbocycles. The van der Waals surface area contributed by atoms with Crippen molar-refractivity contribution in [2.24, 2.45) is 11.8 Å². The molecular formula is C72H64SiZr. The van der Waals surface area contributed by atoms with E-state index in [0.717, 1.165) is 21.4 Å². The van der Waals surface area contributed by atoms with Gasteiger partial charge in [0, 0.05) is 9.52 Å². The standard InChI is InChI=1S/2C35H29.C2H6Si.Zr/c2*1-2-10-24(9-1)21-25-22-34-32(30-17-7-13-26-11-3-5-15-28(26)30)19-20-33(35(34)23-25)31-18-8-14-27-12-4-6-16-29(27)31;1-3-2;/h2*3-8,11-20,22-24H,1-2,9-10,21H2;1-2H3;/q2*-1;;+2. The van der Waals surface area contributed by atoms with Crippen molar-refractivity contribution in [2.75, 3.05) is 0 Å². The van der Waals surface area contributed by atoms with Gasteiger partial charge >= 0.3 is 26.2 Å². The van der Waals surface area contributed by atoms with Gasteiger partial charge in [0.15, 0.2) is 0 Å². The van der Waals surface area contributed by atoms with E-state index < -0.39 is 0 Å². The maximum Gasteiger partial charge on any atom is 2.00 e. The second-order valence-electron chi connectivity index (χ2n) is 21.0. The Bertz CT molecular complexity index is 3380. The average Bonchev–Trinajstić information content (AvgIpc) is 4.30. The molecule has 2 aliphatic rings. The summed E-state index contributed by atoms with van der Waals surface area (Å²) < 4.78 is 0. The van der Waals surface area contributed by atoms with Crippen LogP contribution in [0.5, 0.6) is 0 Å². The van der Waals surface area contributed by atoms with Gasteiger partial charge in [0.2, 0.25) is 0 Å². The van der Waals surface area contributed by atoms with Gasteiger partial charge in [0.1, 0.15) is 0 Å². The summed E-state index contributed by atoms with van der Waals surface area (Å²) in [5.41, 5.74) is 13.7. The summed E-state index contributed by atoms with van der Waals surface area (Å²) in [7, 11) is 1.08. The van der Waals surface area contributed by atoms with Crippen molar-refractivity contribution in [2.45, 2.75) is 77.3 Å². The van der Waals surface area contributed by atoms with Gasteiger partial charge in [-0.05, 0) is 78.9 Å². The Morgan fingerprint density at radius 2 is 0.581 bits per heavy atom. The molecule has 0 aromatic heterocycles. The molecule has 2 saturated carbocycles. The van der Waals surface area contributed by atoms with E-state index in [0.29, 0.717) is 0 Å². The van der Waals surface area contributed by atoms with E-state index in [1.807, 2.05) is 0 Å². The maximum absolute atomic E-state index is 2.50. The van der Waals surface area contributed by atoms with E-state index in [1.54, 1.807) is 0 Å². The number of hydrogen-bond acceptors (Lipinski definition) is 0. The summed E-state index contributed by atoms with van der Waals surface area (Å²) in [5, 5.41) is 16.1. The Hall–Kier alpha value is -6.44. The molecule has 360 valence electrons. The molecule has 14 rings (SSSR count). The first-order chi connectivity index (χ1) is 36.1. The summed E-state index contributed by atoms with van der Waals surface area (Å²) in [6.45, 7) is 4.31. The first-order valence-corrected chi connectivity index (χ1v) is 29.1. The van der Waals surface area contributed by atoms with Crippen LogP contribution < -0.4 is 0 Å². The van der Waals surface area contributed by atoms with Crippen molar-refractivity contribution in [1.29, 1.82) is 0 Å². The van der Waals surface area contributed by atoms with Gasteiger partial charge in [-0.25, -0.2) is 0 Å². The van der Waals surface area contributed by atoms with Gasteiger partial charge in [0.05, 0.1) is 0 Å². The summed E-state index contributed by atoms with van der Waals surface area (Å²) in [4.78, 5) is 0. The van der Waals surface area contributed by atoms with E-state index in [9.17, 15) is 0 Å². The van der Waals surface area contributed by atoms with E-state index in [4.69, 9.17) is 0 Å². The van der Waals surface area contributed by atoms with Crippen molar-refractivity contribution >= 4 is 74.2 Å². The fourth-order valence-corrected chi connectivity index (χ4v) is 12.8. The normalized spacial score (nSPS) is 13.9. The molecule has 0 N–H and O–H groups in total. The molecule has 0 aliphatic heterocycles. The summed E-state index contributed by atoms with van der Waals surface area (Å²) in [5.74, 6) is 1.68. The molecule has 0 spiro atoms. The first kappa shape index (κ1) is 49.8. The topological polar surface area (TPSA) is 0 Å². The van der Waals surface area contributed by atoms with Gasteiger partial charge in [0.25, 0.3) is 0 Å². The molecule has 0 saturated heterocycles.